The van der Waals surface area contributed by atoms with Crippen LogP contribution in [-0.4, -0.2) is 36.8 Å². The minimum absolute atomic E-state index is 0.0713. The van der Waals surface area contributed by atoms with Crippen LogP contribution in [0.5, 0.6) is 5.75 Å². The van der Waals surface area contributed by atoms with Gasteiger partial charge < -0.3 is 14.6 Å². The molecule has 1 atom stereocenters. The summed E-state index contributed by atoms with van der Waals surface area (Å²) in [5.74, 6) is 0.286. The zero-order chi connectivity index (χ0) is 13.5. The van der Waals surface area contributed by atoms with Gasteiger partial charge in [-0.2, -0.15) is 0 Å². The Labute approximate surface area is 111 Å². The summed E-state index contributed by atoms with van der Waals surface area (Å²) in [7, 11) is 0. The molecule has 0 aliphatic rings. The van der Waals surface area contributed by atoms with Crippen molar-refractivity contribution in [1.29, 1.82) is 0 Å². The van der Waals surface area contributed by atoms with Crippen molar-refractivity contribution >= 4 is 17.4 Å². The Morgan fingerprint density at radius 2 is 2.17 bits per heavy atom. The third-order valence-corrected chi connectivity index (χ3v) is 2.50. The second-order valence-electron chi connectivity index (χ2n) is 3.82. The summed E-state index contributed by atoms with van der Waals surface area (Å²) in [4.78, 5) is 11.4. The van der Waals surface area contributed by atoms with Crippen LogP contribution in [0.4, 0.5) is 0 Å². The largest absolute Gasteiger partial charge is 0.490 e. The number of Topliss-reactive ketones (excluding diaryl/α,β-unsaturated/α-hetero) is 1. The molecule has 0 aromatic heterocycles. The van der Waals surface area contributed by atoms with Gasteiger partial charge in [0.15, 0.2) is 5.78 Å². The van der Waals surface area contributed by atoms with Crippen molar-refractivity contribution < 1.29 is 19.4 Å². The van der Waals surface area contributed by atoms with Gasteiger partial charge in [-0.25, -0.2) is 0 Å². The highest BCUT2D eigenvalue weighted by atomic mass is 35.5. The molecule has 1 unspecified atom stereocenters. The highest BCUT2D eigenvalue weighted by Gasteiger charge is 2.11. The summed E-state index contributed by atoms with van der Waals surface area (Å²) in [5.41, 5.74) is 0.408. The van der Waals surface area contributed by atoms with E-state index in [2.05, 4.69) is 0 Å². The molecule has 1 aromatic rings. The molecule has 0 fully saturated rings. The summed E-state index contributed by atoms with van der Waals surface area (Å²) in [6.07, 6.45) is -0.722. The van der Waals surface area contributed by atoms with Crippen molar-refractivity contribution in [2.75, 3.05) is 19.8 Å². The van der Waals surface area contributed by atoms with Crippen LogP contribution < -0.4 is 4.74 Å². The Hall–Kier alpha value is -1.10. The van der Waals surface area contributed by atoms with Crippen molar-refractivity contribution in [1.82, 2.24) is 0 Å². The summed E-state index contributed by atoms with van der Waals surface area (Å²) in [6, 6.07) is 4.80. The fraction of sp³-hybridized carbons (Fsp3) is 0.462. The standard InChI is InChI=1S/C13H17ClO4/c1-3-17-7-11(16)8-18-13-5-4-10(14)6-12(13)9(2)15/h4-6,11,16H,3,7-8H2,1-2H3. The van der Waals surface area contributed by atoms with Gasteiger partial charge in [-0.15, -0.1) is 0 Å². The van der Waals surface area contributed by atoms with Gasteiger partial charge in [0.05, 0.1) is 12.2 Å². The maximum absolute atomic E-state index is 11.4. The SMILES string of the molecule is CCOCC(O)COc1ccc(Cl)cc1C(C)=O. The van der Waals surface area contributed by atoms with Crippen molar-refractivity contribution in [3.63, 3.8) is 0 Å². The third kappa shape index (κ3) is 4.64. The first kappa shape index (κ1) is 15.0. The van der Waals surface area contributed by atoms with Gasteiger partial charge in [0.1, 0.15) is 18.5 Å². The number of carbonyl (C=O) groups excluding carboxylic acids is 1. The van der Waals surface area contributed by atoms with E-state index in [1.807, 2.05) is 6.92 Å². The van der Waals surface area contributed by atoms with E-state index in [9.17, 15) is 9.90 Å². The van der Waals surface area contributed by atoms with Gasteiger partial charge in [0.2, 0.25) is 0 Å². The number of halogens is 1. The summed E-state index contributed by atoms with van der Waals surface area (Å²) >= 11 is 5.81. The molecule has 0 amide bonds. The Bertz CT molecular complexity index is 406. The fourth-order valence-electron chi connectivity index (χ4n) is 1.39. The van der Waals surface area contributed by atoms with Gasteiger partial charge >= 0.3 is 0 Å². The van der Waals surface area contributed by atoms with Crippen LogP contribution >= 0.6 is 11.6 Å². The molecule has 18 heavy (non-hydrogen) atoms. The summed E-state index contributed by atoms with van der Waals surface area (Å²) in [5, 5.41) is 10.0. The number of carbonyl (C=O) groups is 1. The maximum Gasteiger partial charge on any atom is 0.163 e. The van der Waals surface area contributed by atoms with Crippen LogP contribution in [0.3, 0.4) is 0 Å². The van der Waals surface area contributed by atoms with Gasteiger partial charge in [-0.3, -0.25) is 4.79 Å². The van der Waals surface area contributed by atoms with E-state index >= 15 is 0 Å². The van der Waals surface area contributed by atoms with Crippen LogP contribution in [0.25, 0.3) is 0 Å². The molecule has 5 heteroatoms. The smallest absolute Gasteiger partial charge is 0.163 e. The molecule has 1 rings (SSSR count). The molecule has 0 aliphatic carbocycles. The number of rotatable bonds is 7. The number of ether oxygens (including phenoxy) is 2. The molecular weight excluding hydrogens is 256 g/mol. The van der Waals surface area contributed by atoms with E-state index < -0.39 is 6.10 Å². The Balaban J connectivity index is 2.64. The maximum atomic E-state index is 11.4. The molecule has 0 saturated carbocycles. The third-order valence-electron chi connectivity index (χ3n) is 2.27. The second-order valence-corrected chi connectivity index (χ2v) is 4.26. The van der Waals surface area contributed by atoms with Crippen LogP contribution in [0.15, 0.2) is 18.2 Å². The quantitative estimate of drug-likeness (QED) is 0.774. The number of hydrogen-bond acceptors (Lipinski definition) is 4. The van der Waals surface area contributed by atoms with Crippen LogP contribution in [0.2, 0.25) is 5.02 Å². The van der Waals surface area contributed by atoms with Crippen molar-refractivity contribution in [3.05, 3.63) is 28.8 Å². The molecule has 0 radical (unpaired) electrons. The zero-order valence-corrected chi connectivity index (χ0v) is 11.2. The minimum atomic E-state index is -0.722. The lowest BCUT2D eigenvalue weighted by Gasteiger charge is -2.14. The fourth-order valence-corrected chi connectivity index (χ4v) is 1.56. The zero-order valence-electron chi connectivity index (χ0n) is 10.5. The first-order chi connectivity index (χ1) is 8.54. The number of aliphatic hydroxyl groups is 1. The average molecular weight is 273 g/mol. The van der Waals surface area contributed by atoms with Gasteiger partial charge in [-0.1, -0.05) is 11.6 Å². The van der Waals surface area contributed by atoms with E-state index in [1.165, 1.54) is 6.92 Å². The number of aliphatic hydroxyl groups excluding tert-OH is 1. The van der Waals surface area contributed by atoms with Gasteiger partial charge in [0, 0.05) is 11.6 Å². The Morgan fingerprint density at radius 1 is 1.44 bits per heavy atom. The average Bonchev–Trinajstić information content (AvgIpc) is 2.34. The summed E-state index contributed by atoms with van der Waals surface area (Å²) < 4.78 is 10.5. The topological polar surface area (TPSA) is 55.8 Å². The number of benzene rings is 1. The predicted molar refractivity (Wildman–Crippen MR) is 69.5 cm³/mol. The first-order valence-electron chi connectivity index (χ1n) is 5.73. The number of hydrogen-bond donors (Lipinski definition) is 1. The van der Waals surface area contributed by atoms with Crippen molar-refractivity contribution in [3.8, 4) is 5.75 Å². The highest BCUT2D eigenvalue weighted by molar-refractivity contribution is 6.31. The molecule has 0 saturated heterocycles. The van der Waals surface area contributed by atoms with Crippen molar-refractivity contribution in [2.24, 2.45) is 0 Å². The predicted octanol–water partition coefficient (Wildman–Crippen LogP) is 2.32. The molecule has 0 aliphatic heterocycles. The summed E-state index contributed by atoms with van der Waals surface area (Å²) in [6.45, 7) is 4.11. The molecule has 100 valence electrons. The minimum Gasteiger partial charge on any atom is -0.490 e. The first-order valence-corrected chi connectivity index (χ1v) is 6.11. The lowest BCUT2D eigenvalue weighted by atomic mass is 10.1. The van der Waals surface area contributed by atoms with Crippen LogP contribution in [0.1, 0.15) is 24.2 Å². The molecular formula is C13H17ClO4. The van der Waals surface area contributed by atoms with Crippen molar-refractivity contribution in [2.45, 2.75) is 20.0 Å². The molecule has 4 nitrogen and oxygen atoms in total. The van der Waals surface area contributed by atoms with E-state index in [0.29, 0.717) is 22.9 Å². The van der Waals surface area contributed by atoms with E-state index in [4.69, 9.17) is 21.1 Å². The Morgan fingerprint density at radius 3 is 2.78 bits per heavy atom. The molecule has 0 heterocycles. The number of ketones is 1. The van der Waals surface area contributed by atoms with Gasteiger partial charge in [-0.05, 0) is 32.0 Å². The van der Waals surface area contributed by atoms with Crippen LogP contribution in [-0.2, 0) is 4.74 Å². The molecule has 0 bridgehead atoms. The van der Waals surface area contributed by atoms with E-state index in [1.54, 1.807) is 18.2 Å². The Kier molecular flexibility index (Phi) is 6.12. The highest BCUT2D eigenvalue weighted by Crippen LogP contribution is 2.23. The monoisotopic (exact) mass is 272 g/mol. The normalized spacial score (nSPS) is 12.2. The lowest BCUT2D eigenvalue weighted by Crippen LogP contribution is -2.23. The van der Waals surface area contributed by atoms with E-state index in [-0.39, 0.29) is 19.0 Å². The van der Waals surface area contributed by atoms with Crippen LogP contribution in [0, 0.1) is 0 Å². The molecule has 1 aromatic carbocycles. The molecule has 1 N–H and O–H groups in total. The second kappa shape index (κ2) is 7.36. The molecule has 0 spiro atoms. The van der Waals surface area contributed by atoms with Gasteiger partial charge in [0.25, 0.3) is 0 Å². The van der Waals surface area contributed by atoms with E-state index in [0.717, 1.165) is 0 Å². The lowest BCUT2D eigenvalue weighted by molar-refractivity contribution is 0.0163.